The summed E-state index contributed by atoms with van der Waals surface area (Å²) in [6.45, 7) is 6.73. The Balaban J connectivity index is 1.63. The van der Waals surface area contributed by atoms with Crippen LogP contribution < -0.4 is 16.4 Å². The van der Waals surface area contributed by atoms with Gasteiger partial charge in [-0.2, -0.15) is 18.3 Å². The van der Waals surface area contributed by atoms with E-state index in [-0.39, 0.29) is 41.6 Å². The highest BCUT2D eigenvalue weighted by atomic mass is 19.4. The van der Waals surface area contributed by atoms with Crippen molar-refractivity contribution in [2.75, 3.05) is 19.8 Å². The Bertz CT molecular complexity index is 1380. The molecule has 3 aromatic rings. The highest BCUT2D eigenvalue weighted by Gasteiger charge is 2.39. The number of amides is 2. The van der Waals surface area contributed by atoms with Crippen LogP contribution in [0.3, 0.4) is 0 Å². The van der Waals surface area contributed by atoms with Crippen LogP contribution in [0.5, 0.6) is 0 Å². The number of hydrogen-bond donors (Lipinski definition) is 5. The van der Waals surface area contributed by atoms with Gasteiger partial charge in [-0.25, -0.2) is 4.98 Å². The number of H-pyrrole nitrogens is 2. The molecule has 0 spiro atoms. The topological polar surface area (TPSA) is 151 Å². The fraction of sp³-hybridized carbons (Fsp3) is 0.407. The van der Waals surface area contributed by atoms with Crippen molar-refractivity contribution in [2.45, 2.75) is 51.9 Å². The molecule has 214 valence electrons. The number of aromatic amines is 2. The van der Waals surface area contributed by atoms with E-state index >= 15 is 0 Å². The van der Waals surface area contributed by atoms with Crippen LogP contribution in [0, 0.1) is 12.3 Å². The first kappa shape index (κ1) is 30.4. The zero-order chi connectivity index (χ0) is 29.5. The predicted octanol–water partition coefficient (Wildman–Crippen LogP) is 2.97. The van der Waals surface area contributed by atoms with E-state index in [2.05, 4.69) is 36.7 Å². The smallest absolute Gasteiger partial charge is 0.378 e. The average molecular weight is 560 g/mol. The number of nitrogens with one attached hydrogen (secondary N) is 4. The normalized spacial score (nSPS) is 11.8. The van der Waals surface area contributed by atoms with E-state index in [9.17, 15) is 22.8 Å². The first-order valence-electron chi connectivity index (χ1n) is 12.5. The molecule has 40 heavy (non-hydrogen) atoms. The lowest BCUT2D eigenvalue weighted by molar-refractivity contribution is -0.140. The number of carbonyl (C=O) groups excluding carboxylic acids is 2. The minimum atomic E-state index is -4.73. The third-order valence-corrected chi connectivity index (χ3v) is 5.70. The third kappa shape index (κ3) is 7.93. The number of nitrogens with zero attached hydrogens (tertiary/aromatic N) is 2. The highest BCUT2D eigenvalue weighted by molar-refractivity contribution is 5.96. The number of benzene rings is 1. The summed E-state index contributed by atoms with van der Waals surface area (Å²) in [5.41, 5.74) is 6.03. The molecule has 0 radical (unpaired) electrons. The maximum atomic E-state index is 13.5. The largest absolute Gasteiger partial charge is 0.435 e. The quantitative estimate of drug-likeness (QED) is 0.170. The van der Waals surface area contributed by atoms with Gasteiger partial charge in [0.05, 0.1) is 42.8 Å². The summed E-state index contributed by atoms with van der Waals surface area (Å²) in [4.78, 5) is 31.9. The van der Waals surface area contributed by atoms with Gasteiger partial charge in [0.15, 0.2) is 11.5 Å². The highest BCUT2D eigenvalue weighted by Crippen LogP contribution is 2.37. The fourth-order valence-corrected chi connectivity index (χ4v) is 3.87. The Morgan fingerprint density at radius 3 is 2.60 bits per heavy atom. The number of aryl methyl sites for hydroxylation is 1. The zero-order valence-electron chi connectivity index (χ0n) is 22.5. The van der Waals surface area contributed by atoms with Crippen molar-refractivity contribution in [3.63, 3.8) is 0 Å². The molecule has 2 heterocycles. The number of alkyl halides is 3. The molecule has 0 unspecified atom stereocenters. The Kier molecular flexibility index (Phi) is 9.73. The minimum absolute atomic E-state index is 0.0442. The average Bonchev–Trinajstić information content (AvgIpc) is 3.53. The number of terminal acetylenes is 1. The molecule has 0 bridgehead atoms. The molecule has 13 heteroatoms. The van der Waals surface area contributed by atoms with Gasteiger partial charge in [0, 0.05) is 24.2 Å². The van der Waals surface area contributed by atoms with Crippen LogP contribution in [0.4, 0.5) is 13.2 Å². The van der Waals surface area contributed by atoms with E-state index in [1.165, 1.54) is 0 Å². The van der Waals surface area contributed by atoms with Crippen molar-refractivity contribution in [1.29, 1.82) is 0 Å². The molecule has 0 fully saturated rings. The summed E-state index contributed by atoms with van der Waals surface area (Å²) in [7, 11) is 0. The zero-order valence-corrected chi connectivity index (χ0v) is 22.5. The summed E-state index contributed by atoms with van der Waals surface area (Å²) >= 11 is 0. The molecular formula is C27H32F3N7O3. The minimum Gasteiger partial charge on any atom is -0.378 e. The number of carbonyl (C=O) groups is 2. The van der Waals surface area contributed by atoms with Crippen LogP contribution in [0.15, 0.2) is 24.4 Å². The van der Waals surface area contributed by atoms with Gasteiger partial charge in [0.1, 0.15) is 0 Å². The van der Waals surface area contributed by atoms with Crippen LogP contribution in [0.1, 0.15) is 64.3 Å². The molecule has 1 aromatic carbocycles. The summed E-state index contributed by atoms with van der Waals surface area (Å²) in [6, 6.07) is 5.20. The van der Waals surface area contributed by atoms with Gasteiger partial charge in [-0.1, -0.05) is 19.1 Å². The Morgan fingerprint density at radius 2 is 1.95 bits per heavy atom. The second-order valence-corrected chi connectivity index (χ2v) is 9.77. The lowest BCUT2D eigenvalue weighted by Crippen LogP contribution is -2.38. The molecule has 3 rings (SSSR count). The van der Waals surface area contributed by atoms with E-state index in [1.54, 1.807) is 12.1 Å². The van der Waals surface area contributed by atoms with E-state index < -0.39 is 23.3 Å². The van der Waals surface area contributed by atoms with Gasteiger partial charge in [0.2, 0.25) is 0 Å². The maximum absolute atomic E-state index is 13.5. The van der Waals surface area contributed by atoms with Gasteiger partial charge in [-0.05, 0) is 37.5 Å². The summed E-state index contributed by atoms with van der Waals surface area (Å²) in [5.74, 6) is 1.24. The number of aromatic nitrogens is 4. The second-order valence-electron chi connectivity index (χ2n) is 9.77. The molecule has 2 aromatic heterocycles. The van der Waals surface area contributed by atoms with Crippen molar-refractivity contribution in [2.24, 2.45) is 5.73 Å². The van der Waals surface area contributed by atoms with E-state index in [0.717, 1.165) is 17.3 Å². The van der Waals surface area contributed by atoms with Crippen molar-refractivity contribution in [3.8, 4) is 23.6 Å². The van der Waals surface area contributed by atoms with E-state index in [4.69, 9.17) is 16.9 Å². The van der Waals surface area contributed by atoms with Crippen molar-refractivity contribution < 1.29 is 27.5 Å². The predicted molar refractivity (Wildman–Crippen MR) is 142 cm³/mol. The van der Waals surface area contributed by atoms with Crippen LogP contribution >= 0.6 is 0 Å². The van der Waals surface area contributed by atoms with Gasteiger partial charge < -0.3 is 26.1 Å². The number of imidazole rings is 1. The molecular weight excluding hydrogens is 527 g/mol. The second kappa shape index (κ2) is 12.8. The Morgan fingerprint density at radius 1 is 1.20 bits per heavy atom. The van der Waals surface area contributed by atoms with E-state index in [1.807, 2.05) is 26.8 Å². The first-order chi connectivity index (χ1) is 18.8. The molecule has 0 aliphatic heterocycles. The molecule has 0 aliphatic rings. The van der Waals surface area contributed by atoms with Gasteiger partial charge in [-0.3, -0.25) is 14.7 Å². The van der Waals surface area contributed by atoms with Crippen LogP contribution in [-0.2, 0) is 30.3 Å². The molecule has 10 nitrogen and oxygen atoms in total. The van der Waals surface area contributed by atoms with E-state index in [0.29, 0.717) is 31.7 Å². The SMILES string of the molecule is C#CCc1[nH]nc(C(F)(F)F)c1-c1cnc(C(=O)NCc2ccc(C(=O)NCCOCC(C)(C)N)c(CC)c2)[nH]1. The van der Waals surface area contributed by atoms with Gasteiger partial charge >= 0.3 is 6.18 Å². The fourth-order valence-electron chi connectivity index (χ4n) is 3.87. The lowest BCUT2D eigenvalue weighted by atomic mass is 10.0. The molecule has 2 amide bonds. The lowest BCUT2D eigenvalue weighted by Gasteiger charge is -2.18. The maximum Gasteiger partial charge on any atom is 0.435 e. The summed E-state index contributed by atoms with van der Waals surface area (Å²) in [5, 5.41) is 11.2. The molecule has 0 saturated heterocycles. The van der Waals surface area contributed by atoms with Crippen LogP contribution in [-0.4, -0.2) is 57.3 Å². The molecule has 0 atom stereocenters. The standard InChI is InChI=1S/C27H32F3N7O3/c1-5-7-19-21(22(37-36-19)27(28,29)30)20-14-33-23(35-20)25(39)34-13-16-8-9-18(17(6-2)12-16)24(38)32-10-11-40-15-26(3,4)31/h1,8-9,12,14H,6-7,10-11,13,15,31H2,2-4H3,(H,32,38)(H,33,35)(H,34,39)(H,36,37). The van der Waals surface area contributed by atoms with Gasteiger partial charge in [-0.15, -0.1) is 12.3 Å². The molecule has 0 saturated carbocycles. The third-order valence-electron chi connectivity index (χ3n) is 5.70. The Hall–Kier alpha value is -4.15. The Labute approximate surface area is 229 Å². The number of nitrogens with two attached hydrogens (primary N) is 1. The number of halogens is 3. The number of ether oxygens (including phenoxy) is 1. The number of hydrogen-bond acceptors (Lipinski definition) is 6. The van der Waals surface area contributed by atoms with Crippen LogP contribution in [0.25, 0.3) is 11.3 Å². The first-order valence-corrected chi connectivity index (χ1v) is 12.5. The summed E-state index contributed by atoms with van der Waals surface area (Å²) in [6.07, 6.45) is 2.12. The molecule has 6 N–H and O–H groups in total. The summed E-state index contributed by atoms with van der Waals surface area (Å²) < 4.78 is 45.8. The number of rotatable bonds is 12. The van der Waals surface area contributed by atoms with Crippen molar-refractivity contribution >= 4 is 11.8 Å². The van der Waals surface area contributed by atoms with Crippen LogP contribution in [0.2, 0.25) is 0 Å². The van der Waals surface area contributed by atoms with Crippen molar-refractivity contribution in [1.82, 2.24) is 30.8 Å². The van der Waals surface area contributed by atoms with Gasteiger partial charge in [0.25, 0.3) is 11.8 Å². The monoisotopic (exact) mass is 559 g/mol. The van der Waals surface area contributed by atoms with Crippen molar-refractivity contribution in [3.05, 3.63) is 58.3 Å². The molecule has 0 aliphatic carbocycles.